The molecule has 0 heterocycles. The normalized spacial score (nSPS) is 10.7. The fourth-order valence-electron chi connectivity index (χ4n) is 1.89. The number of nitrogens with one attached hydrogen (secondary N) is 2. The molecule has 0 aromatic heterocycles. The number of urea groups is 1. The molecule has 11 heteroatoms. The molecule has 0 unspecified atom stereocenters. The molecule has 0 spiro atoms. The van der Waals surface area contributed by atoms with Gasteiger partial charge in [-0.1, -0.05) is 6.07 Å². The molecule has 1 aromatic carbocycles. The number of esters is 1. The van der Waals surface area contributed by atoms with E-state index in [0.29, 0.717) is 17.9 Å². The van der Waals surface area contributed by atoms with E-state index in [1.54, 1.807) is 23.5 Å². The number of carbonyl (C=O) groups is 3. The SMILES string of the molecule is COc1ccc(CCC(=O)OCC(=O)NC(=O)NCC(F)(F)F)cc1OC. The minimum absolute atomic E-state index is 0.0525. The van der Waals surface area contributed by atoms with Crippen molar-refractivity contribution in [2.75, 3.05) is 27.4 Å². The smallest absolute Gasteiger partial charge is 0.405 e. The van der Waals surface area contributed by atoms with Crippen LogP contribution in [0.2, 0.25) is 0 Å². The Morgan fingerprint density at radius 3 is 2.33 bits per heavy atom. The number of rotatable bonds is 8. The maximum Gasteiger partial charge on any atom is 0.405 e. The van der Waals surface area contributed by atoms with Gasteiger partial charge >= 0.3 is 18.2 Å². The molecular weight excluding hydrogens is 373 g/mol. The minimum Gasteiger partial charge on any atom is -0.493 e. The molecule has 1 aromatic rings. The summed E-state index contributed by atoms with van der Waals surface area (Å²) in [5, 5.41) is 3.06. The number of methoxy groups -OCH3 is 2. The van der Waals surface area contributed by atoms with Gasteiger partial charge in [-0.3, -0.25) is 14.9 Å². The van der Waals surface area contributed by atoms with E-state index < -0.39 is 37.2 Å². The van der Waals surface area contributed by atoms with Crippen LogP contribution in [0.3, 0.4) is 0 Å². The zero-order valence-corrected chi connectivity index (χ0v) is 14.6. The van der Waals surface area contributed by atoms with Crippen molar-refractivity contribution in [1.29, 1.82) is 0 Å². The van der Waals surface area contributed by atoms with Crippen molar-refractivity contribution in [3.8, 4) is 11.5 Å². The van der Waals surface area contributed by atoms with Gasteiger partial charge in [-0.25, -0.2) is 4.79 Å². The molecule has 27 heavy (non-hydrogen) atoms. The predicted molar refractivity (Wildman–Crippen MR) is 86.4 cm³/mol. The predicted octanol–water partition coefficient (Wildman–Crippen LogP) is 1.57. The van der Waals surface area contributed by atoms with Gasteiger partial charge in [-0.05, 0) is 24.1 Å². The van der Waals surface area contributed by atoms with Crippen LogP contribution in [0.15, 0.2) is 18.2 Å². The van der Waals surface area contributed by atoms with Crippen LogP contribution in [0.1, 0.15) is 12.0 Å². The van der Waals surface area contributed by atoms with Crippen LogP contribution in [0.4, 0.5) is 18.0 Å². The van der Waals surface area contributed by atoms with Crippen LogP contribution in [0, 0.1) is 0 Å². The van der Waals surface area contributed by atoms with Crippen LogP contribution in [-0.4, -0.2) is 51.5 Å². The average molecular weight is 392 g/mol. The molecular formula is C16H19F3N2O6. The van der Waals surface area contributed by atoms with E-state index in [0.717, 1.165) is 5.56 Å². The second kappa shape index (κ2) is 10.2. The molecule has 2 N–H and O–H groups in total. The third kappa shape index (κ3) is 8.79. The average Bonchev–Trinajstić information content (AvgIpc) is 2.62. The highest BCUT2D eigenvalue weighted by Gasteiger charge is 2.28. The summed E-state index contributed by atoms with van der Waals surface area (Å²) in [6.45, 7) is -2.37. The quantitative estimate of drug-likeness (QED) is 0.651. The number of hydrogen-bond acceptors (Lipinski definition) is 6. The summed E-state index contributed by atoms with van der Waals surface area (Å²) < 4.78 is 50.6. The number of hydrogen-bond donors (Lipinski definition) is 2. The molecule has 0 bridgehead atoms. The second-order valence-corrected chi connectivity index (χ2v) is 5.20. The lowest BCUT2D eigenvalue weighted by molar-refractivity contribution is -0.148. The van der Waals surface area contributed by atoms with E-state index in [1.165, 1.54) is 19.5 Å². The molecule has 0 saturated carbocycles. The molecule has 0 aliphatic carbocycles. The largest absolute Gasteiger partial charge is 0.493 e. The number of alkyl halides is 3. The zero-order valence-electron chi connectivity index (χ0n) is 14.6. The lowest BCUT2D eigenvalue weighted by atomic mass is 10.1. The van der Waals surface area contributed by atoms with Crippen LogP contribution < -0.4 is 20.1 Å². The van der Waals surface area contributed by atoms with Crippen molar-refractivity contribution in [2.45, 2.75) is 19.0 Å². The number of carbonyl (C=O) groups excluding carboxylic acids is 3. The number of aryl methyl sites for hydroxylation is 1. The molecule has 0 fully saturated rings. The molecule has 150 valence electrons. The number of amides is 3. The van der Waals surface area contributed by atoms with Gasteiger partial charge in [0, 0.05) is 6.42 Å². The molecule has 0 aliphatic rings. The number of benzene rings is 1. The Hall–Kier alpha value is -2.98. The summed E-state index contributed by atoms with van der Waals surface area (Å²) in [6.07, 6.45) is -4.35. The van der Waals surface area contributed by atoms with Crippen LogP contribution in [0.5, 0.6) is 11.5 Å². The lowest BCUT2D eigenvalue weighted by Crippen LogP contribution is -2.44. The second-order valence-electron chi connectivity index (χ2n) is 5.20. The van der Waals surface area contributed by atoms with Crippen LogP contribution in [-0.2, 0) is 20.7 Å². The van der Waals surface area contributed by atoms with Crippen LogP contribution >= 0.6 is 0 Å². The standard InChI is InChI=1S/C16H19F3N2O6/c1-25-11-5-3-10(7-12(11)26-2)4-6-14(23)27-8-13(22)21-15(24)20-9-16(17,18)19/h3,5,7H,4,6,8-9H2,1-2H3,(H2,20,21,22,24). The number of ether oxygens (including phenoxy) is 3. The summed E-state index contributed by atoms with van der Waals surface area (Å²) in [6, 6.07) is 3.75. The first-order valence-corrected chi connectivity index (χ1v) is 7.65. The molecule has 3 amide bonds. The van der Waals surface area contributed by atoms with E-state index in [-0.39, 0.29) is 6.42 Å². The van der Waals surface area contributed by atoms with E-state index in [2.05, 4.69) is 4.74 Å². The van der Waals surface area contributed by atoms with Crippen molar-refractivity contribution >= 4 is 17.9 Å². The van der Waals surface area contributed by atoms with Crippen LogP contribution in [0.25, 0.3) is 0 Å². The Labute approximate surface area is 153 Å². The van der Waals surface area contributed by atoms with E-state index in [1.807, 2.05) is 0 Å². The summed E-state index contributed by atoms with van der Waals surface area (Å²) in [7, 11) is 2.96. The maximum atomic E-state index is 11.9. The van der Waals surface area contributed by atoms with Gasteiger partial charge in [0.1, 0.15) is 6.54 Å². The Morgan fingerprint density at radius 1 is 1.07 bits per heavy atom. The van der Waals surface area contributed by atoms with Gasteiger partial charge in [0.15, 0.2) is 18.1 Å². The summed E-state index contributed by atoms with van der Waals surface area (Å²) in [5.74, 6) is -0.735. The third-order valence-electron chi connectivity index (χ3n) is 3.13. The monoisotopic (exact) mass is 392 g/mol. The molecule has 0 atom stereocenters. The number of imide groups is 1. The van der Waals surface area contributed by atoms with Gasteiger partial charge in [-0.2, -0.15) is 13.2 Å². The van der Waals surface area contributed by atoms with Crippen molar-refractivity contribution in [3.63, 3.8) is 0 Å². The molecule has 8 nitrogen and oxygen atoms in total. The van der Waals surface area contributed by atoms with Gasteiger partial charge < -0.3 is 19.5 Å². The van der Waals surface area contributed by atoms with E-state index >= 15 is 0 Å². The van der Waals surface area contributed by atoms with Gasteiger partial charge in [0.25, 0.3) is 5.91 Å². The first-order valence-electron chi connectivity index (χ1n) is 7.65. The number of halogens is 3. The highest BCUT2D eigenvalue weighted by Crippen LogP contribution is 2.27. The molecule has 0 radical (unpaired) electrons. The molecule has 0 saturated heterocycles. The summed E-state index contributed by atoms with van der Waals surface area (Å²) in [5.41, 5.74) is 0.764. The highest BCUT2D eigenvalue weighted by atomic mass is 19.4. The Bertz CT molecular complexity index is 679. The van der Waals surface area contributed by atoms with Crippen molar-refractivity contribution < 1.29 is 41.8 Å². The molecule has 1 rings (SSSR count). The Morgan fingerprint density at radius 2 is 1.74 bits per heavy atom. The maximum absolute atomic E-state index is 11.9. The van der Waals surface area contributed by atoms with Gasteiger partial charge in [0.2, 0.25) is 0 Å². The Balaban J connectivity index is 2.34. The Kier molecular flexibility index (Phi) is 8.36. The fraction of sp³-hybridized carbons (Fsp3) is 0.438. The van der Waals surface area contributed by atoms with E-state index in [9.17, 15) is 27.6 Å². The fourth-order valence-corrected chi connectivity index (χ4v) is 1.89. The zero-order chi connectivity index (χ0) is 20.4. The van der Waals surface area contributed by atoms with E-state index in [4.69, 9.17) is 9.47 Å². The van der Waals surface area contributed by atoms with Crippen molar-refractivity contribution in [1.82, 2.24) is 10.6 Å². The lowest BCUT2D eigenvalue weighted by Gasteiger charge is -2.10. The minimum atomic E-state index is -4.60. The summed E-state index contributed by atoms with van der Waals surface area (Å²) >= 11 is 0. The van der Waals surface area contributed by atoms with Crippen molar-refractivity contribution in [2.24, 2.45) is 0 Å². The molecule has 0 aliphatic heterocycles. The highest BCUT2D eigenvalue weighted by molar-refractivity contribution is 5.95. The first-order chi connectivity index (χ1) is 12.6. The third-order valence-corrected chi connectivity index (χ3v) is 3.13. The topological polar surface area (TPSA) is 103 Å². The van der Waals surface area contributed by atoms with Crippen molar-refractivity contribution in [3.05, 3.63) is 23.8 Å². The summed E-state index contributed by atoms with van der Waals surface area (Å²) in [4.78, 5) is 34.0. The first kappa shape index (κ1) is 22.1. The van der Waals surface area contributed by atoms with Gasteiger partial charge in [0.05, 0.1) is 14.2 Å². The van der Waals surface area contributed by atoms with Gasteiger partial charge in [-0.15, -0.1) is 0 Å².